The summed E-state index contributed by atoms with van der Waals surface area (Å²) in [5.41, 5.74) is -1.36. The van der Waals surface area contributed by atoms with E-state index in [1.54, 1.807) is 0 Å². The zero-order valence-corrected chi connectivity index (χ0v) is 9.95. The molecular formula is C11H7ClF4N2O. The molecule has 8 heteroatoms. The lowest BCUT2D eigenvalue weighted by atomic mass is 10.3. The van der Waals surface area contributed by atoms with Crippen LogP contribution >= 0.6 is 11.6 Å². The number of halogens is 5. The summed E-state index contributed by atoms with van der Waals surface area (Å²) >= 11 is 5.64. The molecule has 0 atom stereocenters. The van der Waals surface area contributed by atoms with E-state index in [1.165, 1.54) is 6.07 Å². The molecule has 1 heterocycles. The van der Waals surface area contributed by atoms with Crippen LogP contribution in [0.5, 0.6) is 5.75 Å². The molecule has 0 spiro atoms. The first-order chi connectivity index (χ1) is 8.90. The van der Waals surface area contributed by atoms with Crippen LogP contribution in [0.4, 0.5) is 17.6 Å². The molecule has 1 N–H and O–H groups in total. The van der Waals surface area contributed by atoms with Gasteiger partial charge < -0.3 is 5.11 Å². The molecule has 0 saturated heterocycles. The van der Waals surface area contributed by atoms with Crippen molar-refractivity contribution in [3.05, 3.63) is 40.7 Å². The van der Waals surface area contributed by atoms with E-state index in [2.05, 4.69) is 5.10 Å². The lowest BCUT2D eigenvalue weighted by Gasteiger charge is -2.07. The van der Waals surface area contributed by atoms with E-state index in [9.17, 15) is 22.7 Å². The van der Waals surface area contributed by atoms with Crippen LogP contribution in [0, 0.1) is 0 Å². The van der Waals surface area contributed by atoms with Gasteiger partial charge in [0.25, 0.3) is 12.9 Å². The van der Waals surface area contributed by atoms with E-state index < -0.39 is 24.2 Å². The largest absolute Gasteiger partial charge is 0.506 e. The van der Waals surface area contributed by atoms with E-state index >= 15 is 0 Å². The van der Waals surface area contributed by atoms with Gasteiger partial charge in [-0.1, -0.05) is 11.6 Å². The Labute approximate surface area is 110 Å². The molecule has 0 bridgehead atoms. The van der Waals surface area contributed by atoms with Crippen LogP contribution in [0.3, 0.4) is 0 Å². The predicted octanol–water partition coefficient (Wildman–Crippen LogP) is 4.11. The molecular weight excluding hydrogens is 288 g/mol. The molecule has 19 heavy (non-hydrogen) atoms. The van der Waals surface area contributed by atoms with Gasteiger partial charge in [0.15, 0.2) is 0 Å². The van der Waals surface area contributed by atoms with Crippen molar-refractivity contribution in [1.29, 1.82) is 0 Å². The number of rotatable bonds is 3. The second-order valence-corrected chi connectivity index (χ2v) is 4.05. The second-order valence-electron chi connectivity index (χ2n) is 3.64. The van der Waals surface area contributed by atoms with Crippen LogP contribution < -0.4 is 0 Å². The third kappa shape index (κ3) is 2.65. The minimum atomic E-state index is -2.97. The Morgan fingerprint density at radius 1 is 1.11 bits per heavy atom. The average molecular weight is 295 g/mol. The number of alkyl halides is 4. The quantitative estimate of drug-likeness (QED) is 0.865. The highest BCUT2D eigenvalue weighted by molar-refractivity contribution is 6.32. The van der Waals surface area contributed by atoms with Gasteiger partial charge in [-0.05, 0) is 24.3 Å². The second kappa shape index (κ2) is 5.08. The molecule has 1 aromatic heterocycles. The van der Waals surface area contributed by atoms with E-state index in [0.29, 0.717) is 10.7 Å². The van der Waals surface area contributed by atoms with Crippen molar-refractivity contribution in [2.75, 3.05) is 0 Å². The number of phenols is 1. The fraction of sp³-hybridized carbons (Fsp3) is 0.182. The van der Waals surface area contributed by atoms with E-state index in [-0.39, 0.29) is 16.5 Å². The molecule has 0 aliphatic rings. The molecule has 0 saturated carbocycles. The van der Waals surface area contributed by atoms with Crippen molar-refractivity contribution in [1.82, 2.24) is 9.78 Å². The van der Waals surface area contributed by atoms with Gasteiger partial charge in [0.05, 0.1) is 10.7 Å². The zero-order valence-electron chi connectivity index (χ0n) is 9.20. The summed E-state index contributed by atoms with van der Waals surface area (Å²) in [6.07, 6.45) is -5.92. The monoisotopic (exact) mass is 294 g/mol. The maximum absolute atomic E-state index is 12.8. The predicted molar refractivity (Wildman–Crippen MR) is 60.2 cm³/mol. The third-order valence-electron chi connectivity index (χ3n) is 2.38. The lowest BCUT2D eigenvalue weighted by Crippen LogP contribution is -2.02. The first-order valence-electron chi connectivity index (χ1n) is 5.05. The molecule has 1 aromatic carbocycles. The molecule has 102 valence electrons. The number of hydrogen-bond donors (Lipinski definition) is 1. The maximum Gasteiger partial charge on any atom is 0.282 e. The van der Waals surface area contributed by atoms with Gasteiger partial charge in [-0.2, -0.15) is 5.10 Å². The molecule has 0 aliphatic carbocycles. The Bertz CT molecular complexity index is 600. The third-order valence-corrected chi connectivity index (χ3v) is 2.68. The minimum Gasteiger partial charge on any atom is -0.506 e. The average Bonchev–Trinajstić information content (AvgIpc) is 2.78. The van der Waals surface area contributed by atoms with Gasteiger partial charge in [-0.25, -0.2) is 22.2 Å². The summed E-state index contributed by atoms with van der Waals surface area (Å²) in [5.74, 6) is -0.245. The lowest BCUT2D eigenvalue weighted by molar-refractivity contribution is 0.142. The molecule has 2 aromatic rings. The number of nitrogens with zero attached hydrogens (tertiary/aromatic N) is 2. The molecule has 3 nitrogen and oxygen atoms in total. The minimum absolute atomic E-state index is 0.0602. The maximum atomic E-state index is 12.8. The molecule has 0 fully saturated rings. The van der Waals surface area contributed by atoms with Crippen LogP contribution in [0.2, 0.25) is 5.02 Å². The summed E-state index contributed by atoms with van der Waals surface area (Å²) in [4.78, 5) is 0. The van der Waals surface area contributed by atoms with Crippen LogP contribution in [-0.4, -0.2) is 14.9 Å². The molecule has 0 amide bonds. The highest BCUT2D eigenvalue weighted by Gasteiger charge is 2.22. The summed E-state index contributed by atoms with van der Waals surface area (Å²) in [5, 5.41) is 12.6. The van der Waals surface area contributed by atoms with Crippen LogP contribution in [-0.2, 0) is 0 Å². The Hall–Kier alpha value is -1.76. The Kier molecular flexibility index (Phi) is 3.66. The van der Waals surface area contributed by atoms with Gasteiger partial charge >= 0.3 is 0 Å². The van der Waals surface area contributed by atoms with Crippen molar-refractivity contribution < 1.29 is 22.7 Å². The Balaban J connectivity index is 2.56. The normalized spacial score (nSPS) is 11.5. The van der Waals surface area contributed by atoms with E-state index in [0.717, 1.165) is 12.1 Å². The summed E-state index contributed by atoms with van der Waals surface area (Å²) < 4.78 is 51.2. The van der Waals surface area contributed by atoms with Gasteiger partial charge in [-0.15, -0.1) is 0 Å². The number of aromatic nitrogens is 2. The number of hydrogen-bond acceptors (Lipinski definition) is 2. The summed E-state index contributed by atoms with van der Waals surface area (Å²) in [7, 11) is 0. The summed E-state index contributed by atoms with van der Waals surface area (Å²) in [6, 6.07) is 4.20. The highest BCUT2D eigenvalue weighted by atomic mass is 35.5. The molecule has 2 rings (SSSR count). The van der Waals surface area contributed by atoms with Crippen LogP contribution in [0.15, 0.2) is 24.3 Å². The molecule has 0 unspecified atom stereocenters. The van der Waals surface area contributed by atoms with Crippen molar-refractivity contribution in [3.63, 3.8) is 0 Å². The van der Waals surface area contributed by atoms with Crippen molar-refractivity contribution in [3.8, 4) is 11.4 Å². The van der Waals surface area contributed by atoms with Crippen LogP contribution in [0.1, 0.15) is 24.2 Å². The number of phenolic OH excluding ortho intramolecular Hbond substituents is 1. The first-order valence-corrected chi connectivity index (χ1v) is 5.43. The van der Waals surface area contributed by atoms with Gasteiger partial charge in [0.2, 0.25) is 0 Å². The van der Waals surface area contributed by atoms with Gasteiger partial charge in [0.1, 0.15) is 17.1 Å². The zero-order chi connectivity index (χ0) is 14.2. The molecule has 0 aliphatic heterocycles. The van der Waals surface area contributed by atoms with Crippen LogP contribution in [0.25, 0.3) is 5.69 Å². The number of benzene rings is 1. The van der Waals surface area contributed by atoms with Crippen molar-refractivity contribution >= 4 is 11.6 Å². The Morgan fingerprint density at radius 3 is 2.32 bits per heavy atom. The van der Waals surface area contributed by atoms with Gasteiger partial charge in [0, 0.05) is 0 Å². The summed E-state index contributed by atoms with van der Waals surface area (Å²) in [6.45, 7) is 0. The van der Waals surface area contributed by atoms with Crippen molar-refractivity contribution in [2.24, 2.45) is 0 Å². The molecule has 0 radical (unpaired) electrons. The fourth-order valence-electron chi connectivity index (χ4n) is 1.51. The smallest absolute Gasteiger partial charge is 0.282 e. The Morgan fingerprint density at radius 2 is 1.79 bits per heavy atom. The van der Waals surface area contributed by atoms with Gasteiger partial charge in [-0.3, -0.25) is 0 Å². The fourth-order valence-corrected chi connectivity index (χ4v) is 1.69. The highest BCUT2D eigenvalue weighted by Crippen LogP contribution is 2.30. The SMILES string of the molecule is Oc1ccc(-n2nc(C(F)F)cc2C(F)F)cc1Cl. The number of aromatic hydroxyl groups is 1. The van der Waals surface area contributed by atoms with E-state index in [4.69, 9.17) is 11.6 Å². The first kappa shape index (κ1) is 13.7. The standard InChI is InChI=1S/C11H7ClF4N2O/c12-6-3-5(1-2-9(6)19)18-8(11(15)16)4-7(17-18)10(13)14/h1-4,10-11,19H. The topological polar surface area (TPSA) is 38.0 Å². The van der Waals surface area contributed by atoms with Crippen molar-refractivity contribution in [2.45, 2.75) is 12.9 Å². The van der Waals surface area contributed by atoms with E-state index in [1.807, 2.05) is 0 Å².